The summed E-state index contributed by atoms with van der Waals surface area (Å²) < 4.78 is 29.6. The van der Waals surface area contributed by atoms with Gasteiger partial charge in [-0.3, -0.25) is 4.79 Å². The topological polar surface area (TPSA) is 114 Å². The fourth-order valence-corrected chi connectivity index (χ4v) is 4.50. The molecule has 5 rings (SSSR count). The molecular weight excluding hydrogens is 582 g/mol. The number of rotatable bonds is 8. The number of carbonyl (C=O) groups excluding carboxylic acids is 1. The third-order valence-electron chi connectivity index (χ3n) is 6.09. The highest BCUT2D eigenvalue weighted by Crippen LogP contribution is 2.39. The zero-order valence-electron chi connectivity index (χ0n) is 22.0. The van der Waals surface area contributed by atoms with Crippen LogP contribution in [0.2, 0.25) is 0 Å². The van der Waals surface area contributed by atoms with Gasteiger partial charge in [0.2, 0.25) is 11.6 Å². The molecule has 0 bridgehead atoms. The van der Waals surface area contributed by atoms with Crippen LogP contribution in [0.5, 0.6) is 17.2 Å². The Morgan fingerprint density at radius 1 is 1.05 bits per heavy atom. The first-order valence-corrected chi connectivity index (χ1v) is 12.9. The average Bonchev–Trinajstić information content (AvgIpc) is 3.39. The monoisotopic (exact) mass is 605 g/mol. The predicted octanol–water partition coefficient (Wildman–Crippen LogP) is 5.41. The van der Waals surface area contributed by atoms with E-state index in [2.05, 4.69) is 21.0 Å². The second-order valence-corrected chi connectivity index (χ2v) is 9.56. The Labute approximate surface area is 236 Å². The van der Waals surface area contributed by atoms with Gasteiger partial charge in [0.1, 0.15) is 5.58 Å². The van der Waals surface area contributed by atoms with E-state index in [4.69, 9.17) is 28.3 Å². The molecule has 2 aromatic heterocycles. The number of aromatic nitrogens is 2. The molecule has 0 amide bonds. The van der Waals surface area contributed by atoms with Gasteiger partial charge in [-0.05, 0) is 55.5 Å². The number of benzene rings is 3. The Bertz CT molecular complexity index is 1800. The summed E-state index contributed by atoms with van der Waals surface area (Å²) in [7, 11) is 4.20. The van der Waals surface area contributed by atoms with Gasteiger partial charge in [0, 0.05) is 15.4 Å². The molecule has 0 aliphatic heterocycles. The number of nitrogens with zero attached hydrogens (tertiary/aromatic N) is 3. The lowest BCUT2D eigenvalue weighted by Gasteiger charge is -2.18. The predicted molar refractivity (Wildman–Crippen MR) is 154 cm³/mol. The molecule has 11 heteroatoms. The second-order valence-electron chi connectivity index (χ2n) is 8.64. The maximum atomic E-state index is 13.6. The molecule has 40 heavy (non-hydrogen) atoms. The number of ether oxygens (including phenoxy) is 4. The van der Waals surface area contributed by atoms with Crippen molar-refractivity contribution in [3.8, 4) is 28.8 Å². The summed E-state index contributed by atoms with van der Waals surface area (Å²) in [6.45, 7) is 1.55. The summed E-state index contributed by atoms with van der Waals surface area (Å²) in [6.07, 6.45) is 0.570. The largest absolute Gasteiger partial charge is 0.493 e. The molecule has 0 aliphatic rings. The van der Waals surface area contributed by atoms with Crippen molar-refractivity contribution in [3.05, 3.63) is 81.1 Å². The van der Waals surface area contributed by atoms with Crippen molar-refractivity contribution in [2.24, 2.45) is 5.10 Å². The zero-order chi connectivity index (χ0) is 28.4. The van der Waals surface area contributed by atoms with Gasteiger partial charge in [-0.2, -0.15) is 9.78 Å². The van der Waals surface area contributed by atoms with Crippen LogP contribution in [0.4, 0.5) is 0 Å². The van der Waals surface area contributed by atoms with E-state index >= 15 is 0 Å². The molecule has 2 heterocycles. The van der Waals surface area contributed by atoms with Crippen LogP contribution in [-0.4, -0.2) is 49.3 Å². The Balaban J connectivity index is 1.62. The highest BCUT2D eigenvalue weighted by atomic mass is 79.9. The van der Waals surface area contributed by atoms with E-state index in [1.807, 2.05) is 30.3 Å². The first-order valence-electron chi connectivity index (χ1n) is 12.1. The number of methoxy groups -OCH3 is 3. The number of para-hydroxylation sites is 1. The smallest absolute Gasteiger partial charge is 0.346 e. The summed E-state index contributed by atoms with van der Waals surface area (Å²) in [5, 5.41) is 5.74. The van der Waals surface area contributed by atoms with E-state index in [1.165, 1.54) is 32.2 Å². The van der Waals surface area contributed by atoms with Crippen LogP contribution in [0.1, 0.15) is 12.5 Å². The highest BCUT2D eigenvalue weighted by Gasteiger charge is 2.22. The van der Waals surface area contributed by atoms with E-state index in [1.54, 1.807) is 37.3 Å². The summed E-state index contributed by atoms with van der Waals surface area (Å²) in [4.78, 5) is 30.2. The first kappa shape index (κ1) is 26.9. The quantitative estimate of drug-likeness (QED) is 0.170. The van der Waals surface area contributed by atoms with Crippen molar-refractivity contribution in [2.45, 2.75) is 13.0 Å². The van der Waals surface area contributed by atoms with Crippen molar-refractivity contribution in [1.29, 1.82) is 0 Å². The minimum absolute atomic E-state index is 0.221. The maximum Gasteiger partial charge on any atom is 0.346 e. The fourth-order valence-electron chi connectivity index (χ4n) is 4.12. The molecule has 3 aromatic carbocycles. The van der Waals surface area contributed by atoms with Crippen LogP contribution in [0, 0.1) is 0 Å². The van der Waals surface area contributed by atoms with Crippen LogP contribution in [0.25, 0.3) is 33.5 Å². The second kappa shape index (κ2) is 11.2. The maximum absolute atomic E-state index is 13.6. The van der Waals surface area contributed by atoms with Crippen molar-refractivity contribution in [1.82, 2.24) is 9.66 Å². The number of hydrogen-bond donors (Lipinski definition) is 0. The van der Waals surface area contributed by atoms with E-state index in [-0.39, 0.29) is 17.1 Å². The molecule has 0 N–H and O–H groups in total. The van der Waals surface area contributed by atoms with Crippen LogP contribution in [0.15, 0.2) is 79.4 Å². The van der Waals surface area contributed by atoms with Crippen LogP contribution < -0.4 is 19.8 Å². The fraction of sp³-hybridized carbons (Fsp3) is 0.172. The first-order chi connectivity index (χ1) is 19.3. The minimum Gasteiger partial charge on any atom is -0.493 e. The molecular formula is C29H24BrN3O7. The van der Waals surface area contributed by atoms with Gasteiger partial charge >= 0.3 is 5.97 Å². The summed E-state index contributed by atoms with van der Waals surface area (Å²) in [5.74, 6) is 0.872. The van der Waals surface area contributed by atoms with E-state index in [0.29, 0.717) is 39.3 Å². The van der Waals surface area contributed by atoms with Gasteiger partial charge < -0.3 is 23.4 Å². The Hall–Kier alpha value is -4.64. The van der Waals surface area contributed by atoms with Crippen molar-refractivity contribution in [2.75, 3.05) is 21.3 Å². The standard InChI is InChI=1S/C29H24BrN3O7/c1-16(29(35)38-4)39-26-23(36-2)11-17(12-24(26)37-3)15-31-33-27(32-21-8-6-5-7-20(21)28(33)34)25-14-18-13-19(30)9-10-22(18)40-25/h5-16H,1-4H3/t16-/m0/s1. The van der Waals surface area contributed by atoms with Crippen molar-refractivity contribution in [3.63, 3.8) is 0 Å². The van der Waals surface area contributed by atoms with Crippen molar-refractivity contribution < 1.29 is 28.2 Å². The molecule has 0 saturated heterocycles. The third-order valence-corrected chi connectivity index (χ3v) is 6.58. The van der Waals surface area contributed by atoms with Gasteiger partial charge in [0.15, 0.2) is 23.4 Å². The highest BCUT2D eigenvalue weighted by molar-refractivity contribution is 9.10. The Kier molecular flexibility index (Phi) is 7.56. The van der Waals surface area contributed by atoms with Crippen LogP contribution in [-0.2, 0) is 9.53 Å². The average molecular weight is 606 g/mol. The molecule has 5 aromatic rings. The summed E-state index contributed by atoms with van der Waals surface area (Å²) in [5.41, 5.74) is 1.32. The normalized spacial score (nSPS) is 12.1. The number of hydrogen-bond acceptors (Lipinski definition) is 9. The number of furan rings is 1. The van der Waals surface area contributed by atoms with Gasteiger partial charge in [-0.15, -0.1) is 0 Å². The SMILES string of the molecule is COC(=O)[C@H](C)Oc1c(OC)cc(C=Nn2c(-c3cc4cc(Br)ccc4o3)nc3ccccc3c2=O)cc1OC. The van der Waals surface area contributed by atoms with E-state index < -0.39 is 12.1 Å². The zero-order valence-corrected chi connectivity index (χ0v) is 23.6. The number of halogens is 1. The Morgan fingerprint density at radius 2 is 1.77 bits per heavy atom. The molecule has 0 saturated carbocycles. The van der Waals surface area contributed by atoms with Gasteiger partial charge in [0.25, 0.3) is 5.56 Å². The number of carbonyl (C=O) groups is 1. The van der Waals surface area contributed by atoms with E-state index in [9.17, 15) is 9.59 Å². The molecule has 1 atom stereocenters. The number of fused-ring (bicyclic) bond motifs is 2. The molecule has 0 radical (unpaired) electrons. The van der Waals surface area contributed by atoms with Gasteiger partial charge in [-0.1, -0.05) is 28.1 Å². The summed E-state index contributed by atoms with van der Waals surface area (Å²) >= 11 is 3.47. The molecule has 0 unspecified atom stereocenters. The third kappa shape index (κ3) is 5.15. The van der Waals surface area contributed by atoms with Gasteiger partial charge in [0.05, 0.1) is 38.4 Å². The van der Waals surface area contributed by atoms with Crippen LogP contribution in [0.3, 0.4) is 0 Å². The lowest BCUT2D eigenvalue weighted by Crippen LogP contribution is -2.25. The minimum atomic E-state index is -0.901. The van der Waals surface area contributed by atoms with E-state index in [0.717, 1.165) is 9.86 Å². The van der Waals surface area contributed by atoms with Gasteiger partial charge in [-0.25, -0.2) is 9.78 Å². The molecule has 10 nitrogen and oxygen atoms in total. The summed E-state index contributed by atoms with van der Waals surface area (Å²) in [6, 6.07) is 17.7. The van der Waals surface area contributed by atoms with Crippen LogP contribution >= 0.6 is 15.9 Å². The van der Waals surface area contributed by atoms with Crippen molar-refractivity contribution >= 4 is 50.0 Å². The molecule has 0 fully saturated rings. The molecule has 0 spiro atoms. The lowest BCUT2D eigenvalue weighted by atomic mass is 10.2. The molecule has 0 aliphatic carbocycles. The number of esters is 1. The Morgan fingerprint density at radius 3 is 2.48 bits per heavy atom. The molecule has 204 valence electrons. The lowest BCUT2D eigenvalue weighted by molar-refractivity contribution is -0.148.